The van der Waals surface area contributed by atoms with E-state index in [1.54, 1.807) is 17.1 Å². The van der Waals surface area contributed by atoms with Crippen molar-refractivity contribution < 1.29 is 4.79 Å². The molecular formula is C24H25N7O. The highest BCUT2D eigenvalue weighted by atomic mass is 16.1. The van der Waals surface area contributed by atoms with Gasteiger partial charge in [-0.3, -0.25) is 14.5 Å². The van der Waals surface area contributed by atoms with E-state index in [1.165, 1.54) is 0 Å². The Balaban J connectivity index is 1.33. The van der Waals surface area contributed by atoms with E-state index in [4.69, 9.17) is 0 Å². The van der Waals surface area contributed by atoms with Crippen LogP contribution in [-0.2, 0) is 13.5 Å². The number of piperidine rings is 1. The highest BCUT2D eigenvalue weighted by Gasteiger charge is 2.15. The quantitative estimate of drug-likeness (QED) is 0.457. The number of Topliss-reactive ketones (excluding diaryl/α,β-unsaturated/α-hetero) is 1. The van der Waals surface area contributed by atoms with E-state index in [0.717, 1.165) is 53.6 Å². The molecule has 0 saturated carbocycles. The Hall–Kier alpha value is -3.65. The van der Waals surface area contributed by atoms with E-state index in [-0.39, 0.29) is 12.2 Å². The van der Waals surface area contributed by atoms with Crippen LogP contribution < -0.4 is 10.6 Å². The summed E-state index contributed by atoms with van der Waals surface area (Å²) in [6.45, 7) is 2.01. The van der Waals surface area contributed by atoms with Gasteiger partial charge in [-0.25, -0.2) is 0 Å². The number of carbonyl (C=O) groups excluding carboxylic acids is 1. The zero-order valence-corrected chi connectivity index (χ0v) is 18.0. The molecule has 162 valence electrons. The van der Waals surface area contributed by atoms with Crippen LogP contribution in [0.25, 0.3) is 22.0 Å². The molecule has 8 heteroatoms. The minimum Gasteiger partial charge on any atom is -0.381 e. The van der Waals surface area contributed by atoms with Gasteiger partial charge in [0, 0.05) is 48.2 Å². The number of anilines is 1. The van der Waals surface area contributed by atoms with Gasteiger partial charge >= 0.3 is 0 Å². The Morgan fingerprint density at radius 2 is 1.97 bits per heavy atom. The summed E-state index contributed by atoms with van der Waals surface area (Å²) in [6, 6.07) is 10.2. The van der Waals surface area contributed by atoms with E-state index in [1.807, 2.05) is 43.7 Å². The Morgan fingerprint density at radius 1 is 1.09 bits per heavy atom. The first-order valence-corrected chi connectivity index (χ1v) is 10.8. The van der Waals surface area contributed by atoms with E-state index < -0.39 is 0 Å². The third kappa shape index (κ3) is 4.50. The summed E-state index contributed by atoms with van der Waals surface area (Å²) in [7, 11) is 1.89. The Morgan fingerprint density at radius 3 is 2.78 bits per heavy atom. The Labute approximate surface area is 186 Å². The lowest BCUT2D eigenvalue weighted by molar-refractivity contribution is 0.0991. The van der Waals surface area contributed by atoms with Gasteiger partial charge in [-0.1, -0.05) is 6.07 Å². The fourth-order valence-corrected chi connectivity index (χ4v) is 4.06. The number of hydrogen-bond acceptors (Lipinski definition) is 7. The lowest BCUT2D eigenvalue weighted by Gasteiger charge is -2.24. The summed E-state index contributed by atoms with van der Waals surface area (Å²) >= 11 is 0. The number of nitrogens with zero attached hydrogens (tertiary/aromatic N) is 5. The molecule has 0 unspecified atom stereocenters. The van der Waals surface area contributed by atoms with Gasteiger partial charge in [0.05, 0.1) is 29.5 Å². The van der Waals surface area contributed by atoms with Crippen LogP contribution in [0.5, 0.6) is 0 Å². The Kier molecular flexibility index (Phi) is 5.60. The molecule has 0 aliphatic carbocycles. The van der Waals surface area contributed by atoms with Crippen LogP contribution in [0.4, 0.5) is 5.69 Å². The molecule has 5 rings (SSSR count). The molecule has 1 saturated heterocycles. The molecule has 2 N–H and O–H groups in total. The summed E-state index contributed by atoms with van der Waals surface area (Å²) < 4.78 is 1.77. The van der Waals surface area contributed by atoms with Crippen LogP contribution in [-0.4, -0.2) is 49.9 Å². The second-order valence-corrected chi connectivity index (χ2v) is 8.24. The normalized spacial score (nSPS) is 14.5. The van der Waals surface area contributed by atoms with Crippen molar-refractivity contribution in [1.82, 2.24) is 30.3 Å². The first-order chi connectivity index (χ1) is 15.6. The van der Waals surface area contributed by atoms with E-state index in [2.05, 4.69) is 37.0 Å². The third-order valence-electron chi connectivity index (χ3n) is 5.79. The van der Waals surface area contributed by atoms with Crippen molar-refractivity contribution in [2.45, 2.75) is 25.3 Å². The first-order valence-electron chi connectivity index (χ1n) is 10.8. The zero-order valence-electron chi connectivity index (χ0n) is 18.0. The molecule has 0 radical (unpaired) electrons. The summed E-state index contributed by atoms with van der Waals surface area (Å²) in [5.41, 5.74) is 4.99. The SMILES string of the molecule is Cn1cc(-c2ccc3nnc(CC(=O)c4cncc(NC5CCNCC5)c4)cc3c2)cn1. The lowest BCUT2D eigenvalue weighted by atomic mass is 10.0. The van der Waals surface area contributed by atoms with E-state index >= 15 is 0 Å². The van der Waals surface area contributed by atoms with Crippen molar-refractivity contribution in [2.24, 2.45) is 7.05 Å². The molecule has 32 heavy (non-hydrogen) atoms. The zero-order chi connectivity index (χ0) is 21.9. The maximum atomic E-state index is 12.9. The average molecular weight is 428 g/mol. The van der Waals surface area contributed by atoms with Crippen LogP contribution in [0.3, 0.4) is 0 Å². The van der Waals surface area contributed by atoms with E-state index in [9.17, 15) is 4.79 Å². The number of aromatic nitrogens is 5. The highest BCUT2D eigenvalue weighted by molar-refractivity contribution is 5.98. The van der Waals surface area contributed by atoms with Crippen molar-refractivity contribution in [3.05, 3.63) is 66.4 Å². The van der Waals surface area contributed by atoms with Crippen LogP contribution >= 0.6 is 0 Å². The smallest absolute Gasteiger partial charge is 0.170 e. The molecule has 0 amide bonds. The predicted octanol–water partition coefficient (Wildman–Crippen LogP) is 3.01. The lowest BCUT2D eigenvalue weighted by Crippen LogP contribution is -2.35. The summed E-state index contributed by atoms with van der Waals surface area (Å²) in [4.78, 5) is 17.2. The fourth-order valence-electron chi connectivity index (χ4n) is 4.06. The number of aryl methyl sites for hydroxylation is 1. The second kappa shape index (κ2) is 8.84. The molecule has 3 aromatic heterocycles. The largest absolute Gasteiger partial charge is 0.381 e. The third-order valence-corrected chi connectivity index (χ3v) is 5.79. The van der Waals surface area contributed by atoms with Gasteiger partial charge in [0.1, 0.15) is 0 Å². The number of nitrogens with one attached hydrogen (secondary N) is 2. The molecule has 8 nitrogen and oxygen atoms in total. The monoisotopic (exact) mass is 427 g/mol. The molecule has 0 bridgehead atoms. The molecule has 1 aliphatic rings. The first kappa shape index (κ1) is 20.3. The number of hydrogen-bond donors (Lipinski definition) is 2. The molecular weight excluding hydrogens is 402 g/mol. The second-order valence-electron chi connectivity index (χ2n) is 8.24. The van der Waals surface area contributed by atoms with E-state index in [0.29, 0.717) is 17.3 Å². The van der Waals surface area contributed by atoms with Crippen molar-refractivity contribution >= 4 is 22.4 Å². The van der Waals surface area contributed by atoms with Crippen LogP contribution in [0.1, 0.15) is 28.9 Å². The topological polar surface area (TPSA) is 97.6 Å². The van der Waals surface area contributed by atoms with Crippen LogP contribution in [0, 0.1) is 0 Å². The molecule has 1 aliphatic heterocycles. The number of ketones is 1. The molecule has 4 heterocycles. The maximum Gasteiger partial charge on any atom is 0.170 e. The standard InChI is InChI=1S/C24H25N7O/c1-31-15-19(13-27-31)16-2-3-23-17(8-16)9-21(29-30-23)11-24(32)18-10-22(14-26-12-18)28-20-4-6-25-7-5-20/h2-3,8-10,12-15,20,25,28H,4-7,11H2,1H3. The molecule has 1 aromatic carbocycles. The van der Waals surface area contributed by atoms with Crippen LogP contribution in [0.15, 0.2) is 55.1 Å². The van der Waals surface area contributed by atoms with Crippen molar-refractivity contribution in [3.8, 4) is 11.1 Å². The van der Waals surface area contributed by atoms with Gasteiger partial charge in [0.15, 0.2) is 5.78 Å². The molecule has 0 atom stereocenters. The van der Waals surface area contributed by atoms with Gasteiger partial charge in [0.2, 0.25) is 0 Å². The summed E-state index contributed by atoms with van der Waals surface area (Å²) in [5.74, 6) is -0.0245. The minimum absolute atomic E-state index is 0.0245. The minimum atomic E-state index is -0.0245. The number of pyridine rings is 1. The molecule has 1 fully saturated rings. The highest BCUT2D eigenvalue weighted by Crippen LogP contribution is 2.23. The number of benzene rings is 1. The Bertz CT molecular complexity index is 1260. The molecule has 4 aromatic rings. The van der Waals surface area contributed by atoms with Crippen molar-refractivity contribution in [2.75, 3.05) is 18.4 Å². The van der Waals surface area contributed by atoms with Gasteiger partial charge in [-0.15, -0.1) is 0 Å². The number of rotatable bonds is 6. The number of carbonyl (C=O) groups is 1. The maximum absolute atomic E-state index is 12.9. The van der Waals surface area contributed by atoms with Gasteiger partial charge < -0.3 is 10.6 Å². The van der Waals surface area contributed by atoms with Crippen molar-refractivity contribution in [3.63, 3.8) is 0 Å². The fraction of sp³-hybridized carbons (Fsp3) is 0.292. The predicted molar refractivity (Wildman–Crippen MR) is 124 cm³/mol. The van der Waals surface area contributed by atoms with Gasteiger partial charge in [-0.05, 0) is 55.8 Å². The van der Waals surface area contributed by atoms with Crippen LogP contribution in [0.2, 0.25) is 0 Å². The number of fused-ring (bicyclic) bond motifs is 1. The molecule has 0 spiro atoms. The summed E-state index contributed by atoms with van der Waals surface area (Å²) in [6.07, 6.45) is 9.49. The van der Waals surface area contributed by atoms with Gasteiger partial charge in [0.25, 0.3) is 0 Å². The van der Waals surface area contributed by atoms with Gasteiger partial charge in [-0.2, -0.15) is 15.3 Å². The summed E-state index contributed by atoms with van der Waals surface area (Å²) in [5, 5.41) is 20.6. The van der Waals surface area contributed by atoms with Crippen molar-refractivity contribution in [1.29, 1.82) is 0 Å². The average Bonchev–Trinajstić information content (AvgIpc) is 3.26.